The molecule has 0 saturated carbocycles. The molecule has 3 rings (SSSR count). The summed E-state index contributed by atoms with van der Waals surface area (Å²) in [7, 11) is -3.68. The minimum atomic E-state index is -3.68. The van der Waals surface area contributed by atoms with E-state index < -0.39 is 15.6 Å². The van der Waals surface area contributed by atoms with Gasteiger partial charge in [-0.05, 0) is 37.3 Å². The number of aromatic nitrogens is 2. The van der Waals surface area contributed by atoms with E-state index in [0.29, 0.717) is 13.0 Å². The van der Waals surface area contributed by atoms with Crippen molar-refractivity contribution in [3.63, 3.8) is 0 Å². The molecule has 0 saturated heterocycles. The molecule has 0 bridgehead atoms. The number of rotatable bonds is 5. The molecule has 0 spiro atoms. The van der Waals surface area contributed by atoms with Crippen LogP contribution in [0.1, 0.15) is 30.9 Å². The normalized spacial score (nSPS) is 21.1. The lowest BCUT2D eigenvalue weighted by molar-refractivity contribution is 0.0243. The molecule has 2 aromatic rings. The molecule has 0 radical (unpaired) electrons. The van der Waals surface area contributed by atoms with E-state index in [9.17, 15) is 13.5 Å². The summed E-state index contributed by atoms with van der Waals surface area (Å²) >= 11 is 0. The SMILES string of the molecule is CCn1cc(S(=O)(=O)NCC2(O)CCCc3ccccc32)cn1. The number of sulfonamides is 1. The number of hydrogen-bond acceptors (Lipinski definition) is 4. The Labute approximate surface area is 136 Å². The molecular formula is C16H21N3O3S. The van der Waals surface area contributed by atoms with Crippen molar-refractivity contribution in [3.05, 3.63) is 47.8 Å². The van der Waals surface area contributed by atoms with Gasteiger partial charge in [0.25, 0.3) is 0 Å². The van der Waals surface area contributed by atoms with Crippen LogP contribution in [0.2, 0.25) is 0 Å². The second kappa shape index (κ2) is 6.07. The minimum Gasteiger partial charge on any atom is -0.384 e. The number of aliphatic hydroxyl groups is 1. The molecule has 2 N–H and O–H groups in total. The molecule has 1 heterocycles. The third kappa shape index (κ3) is 3.17. The summed E-state index contributed by atoms with van der Waals surface area (Å²) in [5.74, 6) is 0. The topological polar surface area (TPSA) is 84.2 Å². The van der Waals surface area contributed by atoms with Gasteiger partial charge in [-0.1, -0.05) is 24.3 Å². The Bertz CT molecular complexity index is 800. The Morgan fingerprint density at radius 2 is 2.17 bits per heavy atom. The number of hydrogen-bond donors (Lipinski definition) is 2. The largest absolute Gasteiger partial charge is 0.384 e. The van der Waals surface area contributed by atoms with E-state index in [2.05, 4.69) is 9.82 Å². The van der Waals surface area contributed by atoms with Crippen LogP contribution in [0.5, 0.6) is 0 Å². The Hall–Kier alpha value is -1.70. The van der Waals surface area contributed by atoms with Gasteiger partial charge in [0.05, 0.1) is 6.20 Å². The molecule has 1 aliphatic rings. The maximum Gasteiger partial charge on any atom is 0.243 e. The van der Waals surface area contributed by atoms with E-state index in [1.165, 1.54) is 12.4 Å². The summed E-state index contributed by atoms with van der Waals surface area (Å²) in [5.41, 5.74) is 0.736. The number of fused-ring (bicyclic) bond motifs is 1. The molecule has 0 fully saturated rings. The molecule has 7 heteroatoms. The minimum absolute atomic E-state index is 0.0380. The van der Waals surface area contributed by atoms with Crippen molar-refractivity contribution in [2.24, 2.45) is 0 Å². The van der Waals surface area contributed by atoms with Crippen molar-refractivity contribution in [2.75, 3.05) is 6.54 Å². The van der Waals surface area contributed by atoms with Gasteiger partial charge in [-0.15, -0.1) is 0 Å². The Balaban J connectivity index is 1.80. The predicted octanol–water partition coefficient (Wildman–Crippen LogP) is 1.41. The Morgan fingerprint density at radius 1 is 1.39 bits per heavy atom. The standard InChI is InChI=1S/C16H21N3O3S/c1-2-19-11-14(10-17-19)23(21,22)18-12-16(20)9-5-7-13-6-3-4-8-15(13)16/h3-4,6,8,10-11,18,20H,2,5,7,9,12H2,1H3. The fraction of sp³-hybridized carbons (Fsp3) is 0.438. The summed E-state index contributed by atoms with van der Waals surface area (Å²) in [4.78, 5) is 0.118. The molecule has 1 aliphatic carbocycles. The van der Waals surface area contributed by atoms with Crippen LogP contribution in [0, 0.1) is 0 Å². The van der Waals surface area contributed by atoms with Gasteiger partial charge in [-0.3, -0.25) is 4.68 Å². The smallest absolute Gasteiger partial charge is 0.243 e. The van der Waals surface area contributed by atoms with Crippen LogP contribution in [0.25, 0.3) is 0 Å². The first kappa shape index (κ1) is 16.2. The predicted molar refractivity (Wildman–Crippen MR) is 86.4 cm³/mol. The number of benzene rings is 1. The average Bonchev–Trinajstić information content (AvgIpc) is 3.04. The van der Waals surface area contributed by atoms with E-state index in [1.54, 1.807) is 4.68 Å². The number of aryl methyl sites for hydroxylation is 2. The lowest BCUT2D eigenvalue weighted by Gasteiger charge is -2.34. The zero-order valence-corrected chi connectivity index (χ0v) is 13.9. The van der Waals surface area contributed by atoms with Gasteiger partial charge in [-0.2, -0.15) is 5.10 Å². The van der Waals surface area contributed by atoms with Gasteiger partial charge < -0.3 is 5.11 Å². The molecule has 124 valence electrons. The summed E-state index contributed by atoms with van der Waals surface area (Å²) < 4.78 is 28.9. The maximum absolute atomic E-state index is 12.4. The van der Waals surface area contributed by atoms with E-state index >= 15 is 0 Å². The highest BCUT2D eigenvalue weighted by Gasteiger charge is 2.35. The molecule has 0 aliphatic heterocycles. The molecule has 23 heavy (non-hydrogen) atoms. The summed E-state index contributed by atoms with van der Waals surface area (Å²) in [6.07, 6.45) is 5.10. The van der Waals surface area contributed by atoms with Crippen LogP contribution in [-0.4, -0.2) is 29.8 Å². The summed E-state index contributed by atoms with van der Waals surface area (Å²) in [6, 6.07) is 7.67. The highest BCUT2D eigenvalue weighted by molar-refractivity contribution is 7.89. The van der Waals surface area contributed by atoms with E-state index in [4.69, 9.17) is 0 Å². The first-order valence-electron chi connectivity index (χ1n) is 7.77. The van der Waals surface area contributed by atoms with Crippen molar-refractivity contribution >= 4 is 10.0 Å². The van der Waals surface area contributed by atoms with Crippen molar-refractivity contribution in [3.8, 4) is 0 Å². The Kier molecular flexibility index (Phi) is 4.27. The second-order valence-electron chi connectivity index (χ2n) is 5.90. The molecule has 0 amide bonds. The fourth-order valence-electron chi connectivity index (χ4n) is 3.04. The van der Waals surface area contributed by atoms with Crippen LogP contribution in [0.3, 0.4) is 0 Å². The number of nitrogens with zero attached hydrogens (tertiary/aromatic N) is 2. The number of nitrogens with one attached hydrogen (secondary N) is 1. The highest BCUT2D eigenvalue weighted by atomic mass is 32.2. The van der Waals surface area contributed by atoms with Crippen molar-refractivity contribution in [1.29, 1.82) is 0 Å². The monoisotopic (exact) mass is 335 g/mol. The molecule has 1 aromatic heterocycles. The quantitative estimate of drug-likeness (QED) is 0.865. The van der Waals surface area contributed by atoms with E-state index in [0.717, 1.165) is 24.0 Å². The van der Waals surface area contributed by atoms with Gasteiger partial charge in [0.1, 0.15) is 10.5 Å². The van der Waals surface area contributed by atoms with E-state index in [1.807, 2.05) is 31.2 Å². The van der Waals surface area contributed by atoms with Crippen LogP contribution < -0.4 is 4.72 Å². The fourth-order valence-corrected chi connectivity index (χ4v) is 4.08. The molecule has 1 unspecified atom stereocenters. The van der Waals surface area contributed by atoms with Gasteiger partial charge in [0.2, 0.25) is 10.0 Å². The maximum atomic E-state index is 12.4. The summed E-state index contributed by atoms with van der Waals surface area (Å²) in [5, 5.41) is 14.9. The first-order chi connectivity index (χ1) is 10.9. The Morgan fingerprint density at radius 3 is 2.91 bits per heavy atom. The molecule has 1 aromatic carbocycles. The van der Waals surface area contributed by atoms with Crippen molar-refractivity contribution in [2.45, 2.75) is 43.2 Å². The van der Waals surface area contributed by atoms with Gasteiger partial charge in [0.15, 0.2) is 0 Å². The van der Waals surface area contributed by atoms with Crippen LogP contribution in [0.15, 0.2) is 41.6 Å². The average molecular weight is 335 g/mol. The third-order valence-electron chi connectivity index (χ3n) is 4.35. The van der Waals surface area contributed by atoms with Gasteiger partial charge >= 0.3 is 0 Å². The highest BCUT2D eigenvalue weighted by Crippen LogP contribution is 2.34. The van der Waals surface area contributed by atoms with Crippen LogP contribution >= 0.6 is 0 Å². The van der Waals surface area contributed by atoms with E-state index in [-0.39, 0.29) is 11.4 Å². The lowest BCUT2D eigenvalue weighted by atomic mass is 9.79. The van der Waals surface area contributed by atoms with Gasteiger partial charge in [0, 0.05) is 19.3 Å². The van der Waals surface area contributed by atoms with Gasteiger partial charge in [-0.25, -0.2) is 13.1 Å². The lowest BCUT2D eigenvalue weighted by Crippen LogP contribution is -2.42. The van der Waals surface area contributed by atoms with Crippen LogP contribution in [0.4, 0.5) is 0 Å². The van der Waals surface area contributed by atoms with Crippen molar-refractivity contribution < 1.29 is 13.5 Å². The zero-order valence-electron chi connectivity index (χ0n) is 13.1. The molecule has 1 atom stereocenters. The second-order valence-corrected chi connectivity index (χ2v) is 7.67. The zero-order chi connectivity index (χ0) is 16.5. The van der Waals surface area contributed by atoms with Crippen LogP contribution in [-0.2, 0) is 28.6 Å². The summed E-state index contributed by atoms with van der Waals surface area (Å²) in [6.45, 7) is 2.45. The molecular weight excluding hydrogens is 314 g/mol. The van der Waals surface area contributed by atoms with Crippen molar-refractivity contribution in [1.82, 2.24) is 14.5 Å². The first-order valence-corrected chi connectivity index (χ1v) is 9.26. The third-order valence-corrected chi connectivity index (χ3v) is 5.71. The molecule has 6 nitrogen and oxygen atoms in total.